The smallest absolute Gasteiger partial charge is 0.289 e. The van der Waals surface area contributed by atoms with Crippen LogP contribution in [0.1, 0.15) is 38.9 Å². The second kappa shape index (κ2) is 14.6. The molecule has 3 aromatic heterocycles. The van der Waals surface area contributed by atoms with E-state index in [1.54, 1.807) is 12.4 Å². The van der Waals surface area contributed by atoms with Crippen LogP contribution in [0.4, 0.5) is 8.78 Å². The number of carbonyl (C=O) groups is 1. The molecular formula is C43H35F2N7O. The molecule has 0 bridgehead atoms. The number of fused-ring (bicyclic) bond motifs is 2. The fraction of sp³-hybridized carbons (Fsp3) is 0.116. The number of hydrogen-bond acceptors (Lipinski definition) is 5. The monoisotopic (exact) mass is 703 g/mol. The molecule has 0 aliphatic carbocycles. The summed E-state index contributed by atoms with van der Waals surface area (Å²) in [7, 11) is 0. The van der Waals surface area contributed by atoms with Crippen LogP contribution in [0.2, 0.25) is 0 Å². The zero-order valence-corrected chi connectivity index (χ0v) is 28.5. The largest absolute Gasteiger partial charge is 0.341 e. The maximum atomic E-state index is 13.8. The fourth-order valence-corrected chi connectivity index (χ4v) is 7.14. The first-order valence-corrected chi connectivity index (χ1v) is 17.4. The van der Waals surface area contributed by atoms with Crippen molar-refractivity contribution in [3.8, 4) is 11.3 Å². The number of nitrogens with zero attached hydrogens (tertiary/aromatic N) is 4. The summed E-state index contributed by atoms with van der Waals surface area (Å²) in [6.07, 6.45) is 1.00. The van der Waals surface area contributed by atoms with E-state index in [0.717, 1.165) is 44.4 Å². The van der Waals surface area contributed by atoms with Crippen molar-refractivity contribution in [2.45, 2.75) is 18.0 Å². The molecule has 0 saturated carbocycles. The van der Waals surface area contributed by atoms with Crippen molar-refractivity contribution in [3.63, 3.8) is 0 Å². The SMILES string of the molecule is O=C(NC(CNCC(F)F)c1ccccc1)c1nc2cc3c(-c4ccncc4)[nH]n(C(c4ccccc4)(c4ccccc4)c4ccccc4)c3cc2n1. The molecule has 0 saturated heterocycles. The minimum Gasteiger partial charge on any atom is -0.341 e. The summed E-state index contributed by atoms with van der Waals surface area (Å²) in [5.41, 5.74) is 6.70. The number of nitrogens with one attached hydrogen (secondary N) is 3. The van der Waals surface area contributed by atoms with E-state index in [-0.39, 0.29) is 12.4 Å². The lowest BCUT2D eigenvalue weighted by Gasteiger charge is -2.37. The number of hydrogen-bond donors (Lipinski definition) is 3. The van der Waals surface area contributed by atoms with Gasteiger partial charge in [-0.2, -0.15) is 0 Å². The Kier molecular flexibility index (Phi) is 9.27. The van der Waals surface area contributed by atoms with E-state index in [1.165, 1.54) is 0 Å². The Morgan fingerprint density at radius 2 is 1.23 bits per heavy atom. The standard InChI is InChI=1S/C43H35F2N7O/c44-39(45)28-47-27-37(29-13-5-1-6-14-29)50-42(53)41-48-35-25-34-38(26-36(35)49-41)52(51-40(34)30-21-23-46-24-22-30)43(31-15-7-2-8-16-31,32-17-9-3-10-18-32)33-19-11-4-12-20-33/h1-26,37,39,47,51H,27-28H2,(H,50,53). The Labute approximate surface area is 304 Å². The molecule has 8 rings (SSSR count). The molecule has 3 heterocycles. The van der Waals surface area contributed by atoms with Gasteiger partial charge in [0.05, 0.1) is 34.8 Å². The van der Waals surface area contributed by atoms with E-state index < -0.39 is 30.5 Å². The van der Waals surface area contributed by atoms with E-state index in [1.807, 2.05) is 109 Å². The van der Waals surface area contributed by atoms with Gasteiger partial charge in [0.2, 0.25) is 5.82 Å². The van der Waals surface area contributed by atoms with Crippen LogP contribution >= 0.6 is 0 Å². The second-order valence-corrected chi connectivity index (χ2v) is 12.8. The average molecular weight is 704 g/mol. The molecule has 3 N–H and O–H groups in total. The predicted molar refractivity (Wildman–Crippen MR) is 203 cm³/mol. The number of imidazole rings is 1. The van der Waals surface area contributed by atoms with Gasteiger partial charge in [-0.1, -0.05) is 121 Å². The van der Waals surface area contributed by atoms with Crippen LogP contribution in [-0.4, -0.2) is 50.2 Å². The highest BCUT2D eigenvalue weighted by Gasteiger charge is 2.40. The van der Waals surface area contributed by atoms with Gasteiger partial charge in [0.15, 0.2) is 0 Å². The number of rotatable bonds is 12. The zero-order chi connectivity index (χ0) is 36.2. The van der Waals surface area contributed by atoms with Gasteiger partial charge in [-0.25, -0.2) is 18.7 Å². The zero-order valence-electron chi connectivity index (χ0n) is 28.5. The lowest BCUT2D eigenvalue weighted by Crippen LogP contribution is -2.38. The molecule has 1 unspecified atom stereocenters. The Hall–Kier alpha value is -6.52. The molecule has 5 aromatic carbocycles. The molecule has 0 spiro atoms. The number of H-pyrrole nitrogens is 1. The molecule has 0 aliphatic heterocycles. The highest BCUT2D eigenvalue weighted by atomic mass is 19.3. The van der Waals surface area contributed by atoms with Crippen LogP contribution in [0.25, 0.3) is 33.2 Å². The number of carbonyl (C=O) groups excluding carboxylic acids is 1. The van der Waals surface area contributed by atoms with Crippen LogP contribution < -0.4 is 10.6 Å². The van der Waals surface area contributed by atoms with E-state index in [4.69, 9.17) is 9.97 Å². The molecule has 10 heteroatoms. The first kappa shape index (κ1) is 33.6. The number of halogens is 2. The van der Waals surface area contributed by atoms with Crippen molar-refractivity contribution < 1.29 is 13.6 Å². The van der Waals surface area contributed by atoms with Crippen molar-refractivity contribution in [3.05, 3.63) is 186 Å². The molecule has 262 valence electrons. The minimum atomic E-state index is -2.51. The minimum absolute atomic E-state index is 0.0103. The molecular weight excluding hydrogens is 669 g/mol. The van der Waals surface area contributed by atoms with Gasteiger partial charge in [-0.05, 0) is 46.5 Å². The number of aromatic nitrogens is 5. The van der Waals surface area contributed by atoms with Gasteiger partial charge < -0.3 is 10.6 Å². The van der Waals surface area contributed by atoms with Crippen LogP contribution in [-0.2, 0) is 5.54 Å². The molecule has 0 fully saturated rings. The van der Waals surface area contributed by atoms with Gasteiger partial charge in [0, 0.05) is 29.9 Å². The van der Waals surface area contributed by atoms with Gasteiger partial charge in [0.1, 0.15) is 5.54 Å². The summed E-state index contributed by atoms with van der Waals surface area (Å²) in [4.78, 5) is 27.5. The molecule has 0 radical (unpaired) electrons. The maximum Gasteiger partial charge on any atom is 0.289 e. The number of aromatic amines is 1. The molecule has 8 nitrogen and oxygen atoms in total. The summed E-state index contributed by atoms with van der Waals surface area (Å²) in [5.74, 6) is -0.515. The van der Waals surface area contributed by atoms with Crippen LogP contribution in [0, 0.1) is 0 Å². The summed E-state index contributed by atoms with van der Waals surface area (Å²) in [6.45, 7) is -0.376. The third kappa shape index (κ3) is 6.45. The molecule has 8 aromatic rings. The highest BCUT2D eigenvalue weighted by molar-refractivity contribution is 6.03. The maximum absolute atomic E-state index is 13.8. The van der Waals surface area contributed by atoms with E-state index in [9.17, 15) is 13.6 Å². The van der Waals surface area contributed by atoms with Gasteiger partial charge >= 0.3 is 0 Å². The van der Waals surface area contributed by atoms with Crippen LogP contribution in [0.5, 0.6) is 0 Å². The van der Waals surface area contributed by atoms with Crippen LogP contribution in [0.15, 0.2) is 158 Å². The lowest BCUT2D eigenvalue weighted by molar-refractivity contribution is 0.0925. The third-order valence-corrected chi connectivity index (χ3v) is 9.52. The van der Waals surface area contributed by atoms with Crippen molar-refractivity contribution in [2.24, 2.45) is 0 Å². The lowest BCUT2D eigenvalue weighted by atomic mass is 9.77. The third-order valence-electron chi connectivity index (χ3n) is 9.52. The van der Waals surface area contributed by atoms with E-state index in [2.05, 4.69) is 61.8 Å². The number of alkyl halides is 2. The van der Waals surface area contributed by atoms with Gasteiger partial charge in [-0.15, -0.1) is 0 Å². The first-order valence-electron chi connectivity index (χ1n) is 17.4. The van der Waals surface area contributed by atoms with Gasteiger partial charge in [-0.3, -0.25) is 19.6 Å². The molecule has 0 aliphatic rings. The van der Waals surface area contributed by atoms with Gasteiger partial charge in [0.25, 0.3) is 12.3 Å². The van der Waals surface area contributed by atoms with E-state index >= 15 is 0 Å². The predicted octanol–water partition coefficient (Wildman–Crippen LogP) is 8.14. The number of pyridine rings is 1. The Morgan fingerprint density at radius 1 is 0.698 bits per heavy atom. The molecule has 1 atom stereocenters. The van der Waals surface area contributed by atoms with Crippen molar-refractivity contribution in [2.75, 3.05) is 13.1 Å². The summed E-state index contributed by atoms with van der Waals surface area (Å²) in [6, 6.07) is 47.6. The van der Waals surface area contributed by atoms with Crippen LogP contribution in [0.3, 0.4) is 0 Å². The second-order valence-electron chi connectivity index (χ2n) is 12.8. The van der Waals surface area contributed by atoms with Crippen molar-refractivity contribution in [1.82, 2.24) is 35.4 Å². The number of amides is 1. The van der Waals surface area contributed by atoms with Crippen molar-refractivity contribution in [1.29, 1.82) is 0 Å². The van der Waals surface area contributed by atoms with E-state index in [0.29, 0.717) is 11.0 Å². The molecule has 1 amide bonds. The van der Waals surface area contributed by atoms with Crippen molar-refractivity contribution >= 4 is 27.8 Å². The number of benzene rings is 5. The summed E-state index contributed by atoms with van der Waals surface area (Å²) in [5, 5.41) is 10.4. The Balaban J connectivity index is 1.32. The summed E-state index contributed by atoms with van der Waals surface area (Å²) >= 11 is 0. The molecule has 53 heavy (non-hydrogen) atoms. The normalized spacial score (nSPS) is 12.4. The topological polar surface area (TPSA) is 101 Å². The average Bonchev–Trinajstić information content (AvgIpc) is 3.80. The Bertz CT molecular complexity index is 2360. The first-order chi connectivity index (χ1) is 26.0. The highest BCUT2D eigenvalue weighted by Crippen LogP contribution is 2.44. The quantitative estimate of drug-likeness (QED) is 0.112. The summed E-state index contributed by atoms with van der Waals surface area (Å²) < 4.78 is 28.1. The fourth-order valence-electron chi connectivity index (χ4n) is 7.14. The Morgan fingerprint density at radius 3 is 1.77 bits per heavy atom.